The SMILES string of the molecule is COc1cc(-c2nc3cc4nc5ccccc5[nH]c4cc3n2)ccc1OC1CCCC1. The summed E-state index contributed by atoms with van der Waals surface area (Å²) >= 11 is 0. The Morgan fingerprint density at radius 1 is 0.774 bits per heavy atom. The molecule has 2 heterocycles. The van der Waals surface area contributed by atoms with Crippen molar-refractivity contribution < 1.29 is 9.47 Å². The first-order valence-corrected chi connectivity index (χ1v) is 10.7. The molecule has 6 heteroatoms. The van der Waals surface area contributed by atoms with Gasteiger partial charge >= 0.3 is 0 Å². The molecule has 1 saturated carbocycles. The van der Waals surface area contributed by atoms with E-state index in [0.717, 1.165) is 57.3 Å². The Balaban J connectivity index is 1.40. The second-order valence-corrected chi connectivity index (χ2v) is 8.05. The van der Waals surface area contributed by atoms with Crippen molar-refractivity contribution in [1.29, 1.82) is 0 Å². The van der Waals surface area contributed by atoms with Gasteiger partial charge in [0.15, 0.2) is 17.3 Å². The maximum atomic E-state index is 6.16. The van der Waals surface area contributed by atoms with Gasteiger partial charge in [-0.3, -0.25) is 0 Å². The third-order valence-corrected chi connectivity index (χ3v) is 5.98. The maximum absolute atomic E-state index is 6.16. The molecule has 5 aromatic rings. The lowest BCUT2D eigenvalue weighted by molar-refractivity contribution is 0.201. The molecule has 0 saturated heterocycles. The van der Waals surface area contributed by atoms with Crippen molar-refractivity contribution in [1.82, 2.24) is 19.9 Å². The highest BCUT2D eigenvalue weighted by Gasteiger charge is 2.19. The highest BCUT2D eigenvalue weighted by Crippen LogP contribution is 2.35. The van der Waals surface area contributed by atoms with Gasteiger partial charge in [0.2, 0.25) is 0 Å². The summed E-state index contributed by atoms with van der Waals surface area (Å²) in [5, 5.41) is 0. The number of imidazole rings is 1. The maximum Gasteiger partial charge on any atom is 0.161 e. The lowest BCUT2D eigenvalue weighted by Crippen LogP contribution is -2.11. The molecule has 0 aliphatic heterocycles. The minimum atomic E-state index is 0.282. The Morgan fingerprint density at radius 3 is 2.42 bits per heavy atom. The average molecular weight is 410 g/mol. The Hall–Kier alpha value is -3.67. The van der Waals surface area contributed by atoms with Gasteiger partial charge in [-0.05, 0) is 68.1 Å². The van der Waals surface area contributed by atoms with Gasteiger partial charge in [0.1, 0.15) is 0 Å². The third kappa shape index (κ3) is 3.24. The van der Waals surface area contributed by atoms with Crippen LogP contribution in [0.25, 0.3) is 44.5 Å². The van der Waals surface area contributed by atoms with E-state index in [1.807, 2.05) is 54.6 Å². The van der Waals surface area contributed by atoms with Crippen LogP contribution in [0.2, 0.25) is 0 Å². The van der Waals surface area contributed by atoms with E-state index in [2.05, 4.69) is 4.98 Å². The number of aromatic nitrogens is 4. The van der Waals surface area contributed by atoms with Crippen LogP contribution in [0.5, 0.6) is 11.5 Å². The molecule has 2 aromatic heterocycles. The number of rotatable bonds is 4. The summed E-state index contributed by atoms with van der Waals surface area (Å²) in [6.45, 7) is 0. The molecule has 154 valence electrons. The fourth-order valence-corrected chi connectivity index (χ4v) is 4.36. The van der Waals surface area contributed by atoms with E-state index in [1.165, 1.54) is 12.8 Å². The lowest BCUT2D eigenvalue weighted by Gasteiger charge is -2.16. The number of hydrogen-bond acceptors (Lipinski definition) is 5. The van der Waals surface area contributed by atoms with Gasteiger partial charge in [-0.1, -0.05) is 12.1 Å². The number of nitrogens with one attached hydrogen (secondary N) is 1. The minimum Gasteiger partial charge on any atom is -0.493 e. The van der Waals surface area contributed by atoms with Crippen molar-refractivity contribution >= 4 is 33.1 Å². The van der Waals surface area contributed by atoms with E-state index in [9.17, 15) is 0 Å². The number of fused-ring (bicyclic) bond motifs is 3. The lowest BCUT2D eigenvalue weighted by atomic mass is 10.2. The van der Waals surface area contributed by atoms with Crippen molar-refractivity contribution in [3.8, 4) is 22.9 Å². The van der Waals surface area contributed by atoms with E-state index in [1.54, 1.807) is 7.11 Å². The summed E-state index contributed by atoms with van der Waals surface area (Å²) < 4.78 is 11.8. The molecule has 6 rings (SSSR count). The van der Waals surface area contributed by atoms with Crippen molar-refractivity contribution in [3.63, 3.8) is 0 Å². The monoisotopic (exact) mass is 410 g/mol. The van der Waals surface area contributed by atoms with Crippen molar-refractivity contribution in [2.24, 2.45) is 0 Å². The quantitative estimate of drug-likeness (QED) is 0.387. The number of benzene rings is 3. The van der Waals surface area contributed by atoms with Gasteiger partial charge in [-0.25, -0.2) is 15.0 Å². The predicted molar refractivity (Wildman–Crippen MR) is 122 cm³/mol. The molecule has 0 amide bonds. The van der Waals surface area contributed by atoms with Gasteiger partial charge in [0.25, 0.3) is 0 Å². The van der Waals surface area contributed by atoms with Crippen LogP contribution in [-0.2, 0) is 0 Å². The third-order valence-electron chi connectivity index (χ3n) is 5.98. The summed E-state index contributed by atoms with van der Waals surface area (Å²) in [5.74, 6) is 2.16. The van der Waals surface area contributed by atoms with Crippen molar-refractivity contribution in [2.45, 2.75) is 31.8 Å². The highest BCUT2D eigenvalue weighted by atomic mass is 16.5. The van der Waals surface area contributed by atoms with Crippen LogP contribution in [0, 0.1) is 0 Å². The Bertz CT molecular complexity index is 1350. The zero-order chi connectivity index (χ0) is 20.8. The molecule has 0 radical (unpaired) electrons. The molecule has 0 unspecified atom stereocenters. The number of para-hydroxylation sites is 2. The van der Waals surface area contributed by atoms with Crippen LogP contribution in [0.3, 0.4) is 0 Å². The Kier molecular flexibility index (Phi) is 4.23. The van der Waals surface area contributed by atoms with Crippen LogP contribution in [0.4, 0.5) is 0 Å². The first-order chi connectivity index (χ1) is 15.3. The van der Waals surface area contributed by atoms with Gasteiger partial charge < -0.3 is 14.5 Å². The summed E-state index contributed by atoms with van der Waals surface area (Å²) in [4.78, 5) is 17.7. The molecule has 31 heavy (non-hydrogen) atoms. The number of hydrogen-bond donors (Lipinski definition) is 1. The normalized spacial score (nSPS) is 14.6. The van der Waals surface area contributed by atoms with E-state index < -0.39 is 0 Å². The number of methoxy groups -OCH3 is 1. The molecular formula is C25H22N4O2. The standard InChI is InChI=1S/C25H22N4O2/c1-30-24-12-15(10-11-23(24)31-16-6-2-3-7-16)25-28-21-13-19-20(14-22(21)29-25)27-18-9-5-4-8-17(18)26-19/h4-5,8-14,16,26H,2-3,6-7H2,1H3. The average Bonchev–Trinajstić information content (AvgIpc) is 3.45. The zero-order valence-electron chi connectivity index (χ0n) is 17.3. The van der Waals surface area contributed by atoms with Crippen LogP contribution in [0.15, 0.2) is 54.6 Å². The summed E-state index contributed by atoms with van der Waals surface area (Å²) in [7, 11) is 1.67. The summed E-state index contributed by atoms with van der Waals surface area (Å²) in [5.41, 5.74) is 6.29. The first kappa shape index (κ1) is 18.1. The van der Waals surface area contributed by atoms with Crippen molar-refractivity contribution in [2.75, 3.05) is 7.11 Å². The fourth-order valence-electron chi connectivity index (χ4n) is 4.36. The van der Waals surface area contributed by atoms with E-state index in [-0.39, 0.29) is 6.10 Å². The molecule has 1 fully saturated rings. The Labute approximate surface area is 179 Å². The van der Waals surface area contributed by atoms with Crippen LogP contribution < -0.4 is 9.47 Å². The molecule has 0 spiro atoms. The van der Waals surface area contributed by atoms with E-state index >= 15 is 0 Å². The highest BCUT2D eigenvalue weighted by molar-refractivity contribution is 5.95. The second kappa shape index (κ2) is 7.23. The van der Waals surface area contributed by atoms with E-state index in [0.29, 0.717) is 11.6 Å². The molecule has 3 aromatic carbocycles. The largest absolute Gasteiger partial charge is 0.493 e. The molecular weight excluding hydrogens is 388 g/mol. The minimum absolute atomic E-state index is 0.282. The molecule has 6 nitrogen and oxygen atoms in total. The van der Waals surface area contributed by atoms with E-state index in [4.69, 9.17) is 24.4 Å². The Morgan fingerprint density at radius 2 is 1.58 bits per heavy atom. The summed E-state index contributed by atoms with van der Waals surface area (Å²) in [6.07, 6.45) is 4.96. The van der Waals surface area contributed by atoms with Gasteiger partial charge in [0, 0.05) is 5.56 Å². The van der Waals surface area contributed by atoms with Gasteiger partial charge in [-0.2, -0.15) is 0 Å². The number of ether oxygens (including phenoxy) is 2. The molecule has 1 aliphatic carbocycles. The molecule has 1 N–H and O–H groups in total. The van der Waals surface area contributed by atoms with Crippen LogP contribution >= 0.6 is 0 Å². The summed E-state index contributed by atoms with van der Waals surface area (Å²) in [6, 6.07) is 17.9. The topological polar surface area (TPSA) is 72.9 Å². The molecule has 0 atom stereocenters. The number of nitrogens with zero attached hydrogens (tertiary/aromatic N) is 3. The van der Waals surface area contributed by atoms with Crippen LogP contribution in [-0.4, -0.2) is 33.1 Å². The van der Waals surface area contributed by atoms with Gasteiger partial charge in [0.05, 0.1) is 46.3 Å². The second-order valence-electron chi connectivity index (χ2n) is 8.05. The van der Waals surface area contributed by atoms with Crippen LogP contribution in [0.1, 0.15) is 25.7 Å². The first-order valence-electron chi connectivity index (χ1n) is 10.7. The van der Waals surface area contributed by atoms with Crippen molar-refractivity contribution in [3.05, 3.63) is 54.6 Å². The predicted octanol–water partition coefficient (Wildman–Crippen LogP) is 5.66. The number of aromatic amines is 1. The number of H-pyrrole nitrogens is 1. The fraction of sp³-hybridized carbons (Fsp3) is 0.240. The molecule has 0 bridgehead atoms. The molecule has 1 aliphatic rings. The van der Waals surface area contributed by atoms with Gasteiger partial charge in [-0.15, -0.1) is 0 Å². The zero-order valence-corrected chi connectivity index (χ0v) is 17.3. The smallest absolute Gasteiger partial charge is 0.161 e.